The lowest BCUT2D eigenvalue weighted by atomic mass is 10.6. The Labute approximate surface area is 97.0 Å². The van der Waals surface area contributed by atoms with E-state index in [1.165, 1.54) is 0 Å². The molecule has 2 atom stereocenters. The molecule has 76 valence electrons. The number of hydrogen-bond donors (Lipinski definition) is 0. The van der Waals surface area contributed by atoms with Gasteiger partial charge in [0.05, 0.1) is 25.4 Å². The molecule has 0 aromatic heterocycles. The molecule has 0 bridgehead atoms. The van der Waals surface area contributed by atoms with Crippen molar-refractivity contribution in [2.75, 3.05) is 24.7 Å². The third-order valence-electron chi connectivity index (χ3n) is 1.46. The highest BCUT2D eigenvalue weighted by Gasteiger charge is 2.23. The van der Waals surface area contributed by atoms with Crippen LogP contribution in [0.5, 0.6) is 0 Å². The molecular weight excluding hydrogens is 264 g/mol. The second-order valence-corrected chi connectivity index (χ2v) is 10.5. The highest BCUT2D eigenvalue weighted by atomic mass is 33.8. The molecule has 2 fully saturated rings. The Morgan fingerprint density at radius 3 is 1.69 bits per heavy atom. The first kappa shape index (κ1) is 11.2. The van der Waals surface area contributed by atoms with Crippen LogP contribution < -0.4 is 0 Å². The predicted molar refractivity (Wildman–Crippen MR) is 67.2 cm³/mol. The van der Waals surface area contributed by atoms with Crippen LogP contribution in [-0.4, -0.2) is 36.9 Å². The Bertz CT molecular complexity index is 134. The van der Waals surface area contributed by atoms with Crippen LogP contribution >= 0.6 is 51.1 Å². The summed E-state index contributed by atoms with van der Waals surface area (Å²) in [7, 11) is 9.31. The normalized spacial score (nSPS) is 30.5. The van der Waals surface area contributed by atoms with Crippen molar-refractivity contribution >= 4 is 51.1 Å². The maximum Gasteiger partial charge on any atom is 0.0908 e. The predicted octanol–water partition coefficient (Wildman–Crippen LogP) is 3.11. The van der Waals surface area contributed by atoms with E-state index in [1.54, 1.807) is 0 Å². The summed E-state index contributed by atoms with van der Waals surface area (Å²) in [6.45, 7) is 1.94. The van der Waals surface area contributed by atoms with E-state index in [9.17, 15) is 0 Å². The van der Waals surface area contributed by atoms with Crippen molar-refractivity contribution in [3.63, 3.8) is 0 Å². The van der Waals surface area contributed by atoms with Gasteiger partial charge >= 0.3 is 0 Å². The summed E-state index contributed by atoms with van der Waals surface area (Å²) in [4.78, 5) is 0. The van der Waals surface area contributed by atoms with Gasteiger partial charge in [-0.2, -0.15) is 0 Å². The first-order valence-corrected chi connectivity index (χ1v) is 10.4. The second-order valence-electron chi connectivity index (χ2n) is 2.68. The van der Waals surface area contributed by atoms with E-state index < -0.39 is 0 Å². The third-order valence-corrected chi connectivity index (χ3v) is 10.2. The van der Waals surface area contributed by atoms with Gasteiger partial charge in [-0.05, 0) is 29.5 Å². The molecule has 2 heterocycles. The molecule has 2 aliphatic rings. The van der Waals surface area contributed by atoms with E-state index in [0.29, 0.717) is 12.2 Å². The van der Waals surface area contributed by atoms with E-state index in [1.807, 2.05) is 51.1 Å². The molecular formula is C6H10O2S5. The standard InChI is InChI=1S/C6H10O2S5/c1-5(7-1)3-9-11-13-12-10-4-6-2-8-6/h5-6H,1-4H2. The zero-order chi connectivity index (χ0) is 8.93. The van der Waals surface area contributed by atoms with Crippen molar-refractivity contribution in [2.24, 2.45) is 0 Å². The molecule has 7 heteroatoms. The largest absolute Gasteiger partial charge is 0.372 e. The monoisotopic (exact) mass is 274 g/mol. The van der Waals surface area contributed by atoms with Crippen LogP contribution in [0.15, 0.2) is 0 Å². The first-order chi connectivity index (χ1) is 6.45. The van der Waals surface area contributed by atoms with Crippen molar-refractivity contribution in [3.05, 3.63) is 0 Å². The average molecular weight is 274 g/mol. The summed E-state index contributed by atoms with van der Waals surface area (Å²) < 4.78 is 10.2. The highest BCUT2D eigenvalue weighted by Crippen LogP contribution is 2.49. The Morgan fingerprint density at radius 1 is 0.846 bits per heavy atom. The Hall–Kier alpha value is 1.67. The second kappa shape index (κ2) is 6.30. The van der Waals surface area contributed by atoms with Gasteiger partial charge in [-0.1, -0.05) is 21.6 Å². The third kappa shape index (κ3) is 5.96. The smallest absolute Gasteiger partial charge is 0.0908 e. The lowest BCUT2D eigenvalue weighted by molar-refractivity contribution is 0.426. The average Bonchev–Trinajstić information content (AvgIpc) is 2.99. The summed E-state index contributed by atoms with van der Waals surface area (Å²) in [5.41, 5.74) is 0. The summed E-state index contributed by atoms with van der Waals surface area (Å²) in [6, 6.07) is 0. The van der Waals surface area contributed by atoms with Gasteiger partial charge in [-0.25, -0.2) is 0 Å². The molecule has 0 aromatic carbocycles. The Balaban J connectivity index is 1.28. The minimum Gasteiger partial charge on any atom is -0.372 e. The molecule has 0 N–H and O–H groups in total. The van der Waals surface area contributed by atoms with Crippen LogP contribution in [0, 0.1) is 0 Å². The van der Waals surface area contributed by atoms with E-state index in [0.717, 1.165) is 24.7 Å². The molecule has 0 spiro atoms. The fraction of sp³-hybridized carbons (Fsp3) is 1.00. The van der Waals surface area contributed by atoms with Gasteiger partial charge in [0.2, 0.25) is 0 Å². The maximum absolute atomic E-state index is 5.10. The highest BCUT2D eigenvalue weighted by molar-refractivity contribution is 9.35. The van der Waals surface area contributed by atoms with Crippen LogP contribution in [0.2, 0.25) is 0 Å². The minimum atomic E-state index is 0.551. The molecule has 2 nitrogen and oxygen atoms in total. The topological polar surface area (TPSA) is 25.1 Å². The molecule has 2 aliphatic heterocycles. The quantitative estimate of drug-likeness (QED) is 0.381. The maximum atomic E-state index is 5.10. The van der Waals surface area contributed by atoms with Crippen molar-refractivity contribution in [1.82, 2.24) is 0 Å². The molecule has 0 amide bonds. The van der Waals surface area contributed by atoms with Gasteiger partial charge in [-0.15, -0.1) is 0 Å². The van der Waals surface area contributed by atoms with E-state index in [2.05, 4.69) is 0 Å². The van der Waals surface area contributed by atoms with E-state index >= 15 is 0 Å². The van der Waals surface area contributed by atoms with Crippen LogP contribution in [0.1, 0.15) is 0 Å². The molecule has 0 aromatic rings. The van der Waals surface area contributed by atoms with Crippen LogP contribution in [-0.2, 0) is 9.47 Å². The SMILES string of the molecule is C1OC1CSSSSSCC1CO1. The summed E-state index contributed by atoms with van der Waals surface area (Å²) in [5, 5.41) is 0. The number of hydrogen-bond acceptors (Lipinski definition) is 7. The Kier molecular flexibility index (Phi) is 5.41. The summed E-state index contributed by atoms with van der Waals surface area (Å²) in [6.07, 6.45) is 1.10. The fourth-order valence-electron chi connectivity index (χ4n) is 0.586. The lowest BCUT2D eigenvalue weighted by Crippen LogP contribution is -1.84. The summed E-state index contributed by atoms with van der Waals surface area (Å²) in [5.74, 6) is 2.27. The molecule has 0 radical (unpaired) electrons. The zero-order valence-corrected chi connectivity index (χ0v) is 10.9. The minimum absolute atomic E-state index is 0.551. The van der Waals surface area contributed by atoms with Gasteiger partial charge < -0.3 is 9.47 Å². The Morgan fingerprint density at radius 2 is 1.31 bits per heavy atom. The molecule has 2 saturated heterocycles. The molecule has 2 unspecified atom stereocenters. The van der Waals surface area contributed by atoms with Crippen LogP contribution in [0.4, 0.5) is 0 Å². The van der Waals surface area contributed by atoms with Gasteiger partial charge in [0.15, 0.2) is 0 Å². The van der Waals surface area contributed by atoms with Crippen molar-refractivity contribution in [3.8, 4) is 0 Å². The van der Waals surface area contributed by atoms with Crippen molar-refractivity contribution in [1.29, 1.82) is 0 Å². The lowest BCUT2D eigenvalue weighted by Gasteiger charge is -1.96. The van der Waals surface area contributed by atoms with Gasteiger partial charge in [0.1, 0.15) is 0 Å². The number of ether oxygens (including phenoxy) is 2. The molecule has 13 heavy (non-hydrogen) atoms. The van der Waals surface area contributed by atoms with Crippen LogP contribution in [0.3, 0.4) is 0 Å². The first-order valence-electron chi connectivity index (χ1n) is 3.93. The molecule has 0 saturated carbocycles. The van der Waals surface area contributed by atoms with Gasteiger partial charge in [0, 0.05) is 11.5 Å². The van der Waals surface area contributed by atoms with Gasteiger partial charge in [0.25, 0.3) is 0 Å². The van der Waals surface area contributed by atoms with E-state index in [-0.39, 0.29) is 0 Å². The fourth-order valence-corrected chi connectivity index (χ4v) is 9.52. The molecule has 2 rings (SSSR count). The zero-order valence-electron chi connectivity index (χ0n) is 6.84. The summed E-state index contributed by atoms with van der Waals surface area (Å²) >= 11 is 0. The number of epoxide rings is 2. The number of rotatable bonds is 8. The van der Waals surface area contributed by atoms with Crippen molar-refractivity contribution < 1.29 is 9.47 Å². The van der Waals surface area contributed by atoms with Gasteiger partial charge in [-0.3, -0.25) is 0 Å². The molecule has 0 aliphatic carbocycles. The van der Waals surface area contributed by atoms with Crippen molar-refractivity contribution in [2.45, 2.75) is 12.2 Å². The van der Waals surface area contributed by atoms with Crippen LogP contribution in [0.25, 0.3) is 0 Å². The van der Waals surface area contributed by atoms with E-state index in [4.69, 9.17) is 9.47 Å².